The highest BCUT2D eigenvalue weighted by molar-refractivity contribution is 5.77. The lowest BCUT2D eigenvalue weighted by molar-refractivity contribution is -0.129. The molecule has 100 valence electrons. The molecule has 1 amide bonds. The van der Waals surface area contributed by atoms with Crippen LogP contribution < -0.4 is 5.32 Å². The molecule has 2 unspecified atom stereocenters. The summed E-state index contributed by atoms with van der Waals surface area (Å²) >= 11 is 0. The molecule has 2 N–H and O–H groups in total. The quantitative estimate of drug-likeness (QED) is 0.742. The van der Waals surface area contributed by atoms with Crippen LogP contribution in [0, 0.1) is 5.92 Å². The van der Waals surface area contributed by atoms with Gasteiger partial charge in [0, 0.05) is 12.6 Å². The molecule has 1 fully saturated rings. The fraction of sp³-hybridized carbons (Fsp3) is 0.923. The van der Waals surface area contributed by atoms with Gasteiger partial charge in [-0.2, -0.15) is 0 Å². The zero-order chi connectivity index (χ0) is 12.7. The summed E-state index contributed by atoms with van der Waals surface area (Å²) < 4.78 is 5.58. The van der Waals surface area contributed by atoms with Crippen LogP contribution >= 0.6 is 0 Å². The van der Waals surface area contributed by atoms with E-state index in [0.29, 0.717) is 0 Å². The van der Waals surface area contributed by atoms with Gasteiger partial charge in [-0.1, -0.05) is 26.2 Å². The second-order valence-corrected chi connectivity index (χ2v) is 5.09. The van der Waals surface area contributed by atoms with Crippen LogP contribution in [0.15, 0.2) is 0 Å². The number of carbonyl (C=O) groups excluding carboxylic acids is 1. The third kappa shape index (κ3) is 5.50. The minimum Gasteiger partial charge on any atom is -0.396 e. The van der Waals surface area contributed by atoms with Crippen LogP contribution in [0.25, 0.3) is 0 Å². The van der Waals surface area contributed by atoms with Crippen LogP contribution in [0.1, 0.15) is 46.0 Å². The van der Waals surface area contributed by atoms with Crippen molar-refractivity contribution in [3.05, 3.63) is 0 Å². The van der Waals surface area contributed by atoms with E-state index in [-0.39, 0.29) is 37.2 Å². The molecule has 0 spiro atoms. The van der Waals surface area contributed by atoms with Crippen molar-refractivity contribution < 1.29 is 14.6 Å². The minimum atomic E-state index is -0.0802. The van der Waals surface area contributed by atoms with Gasteiger partial charge in [-0.15, -0.1) is 0 Å². The van der Waals surface area contributed by atoms with Gasteiger partial charge in [-0.3, -0.25) is 4.79 Å². The second kappa shape index (κ2) is 7.67. The summed E-state index contributed by atoms with van der Waals surface area (Å²) in [6.45, 7) is 4.05. The molecule has 1 rings (SSSR count). The van der Waals surface area contributed by atoms with Crippen LogP contribution in [0.5, 0.6) is 0 Å². The van der Waals surface area contributed by atoms with Crippen molar-refractivity contribution in [2.75, 3.05) is 13.2 Å². The number of aliphatic hydroxyl groups is 1. The van der Waals surface area contributed by atoms with E-state index in [0.717, 1.165) is 12.8 Å². The van der Waals surface area contributed by atoms with Gasteiger partial charge in [0.2, 0.25) is 5.91 Å². The largest absolute Gasteiger partial charge is 0.396 e. The average molecular weight is 243 g/mol. The monoisotopic (exact) mass is 243 g/mol. The number of aliphatic hydroxyl groups excluding tert-OH is 1. The van der Waals surface area contributed by atoms with Gasteiger partial charge in [0.15, 0.2) is 0 Å². The van der Waals surface area contributed by atoms with Crippen LogP contribution in [0.4, 0.5) is 0 Å². The Morgan fingerprint density at radius 2 is 2.00 bits per heavy atom. The van der Waals surface area contributed by atoms with Crippen LogP contribution in [0.2, 0.25) is 0 Å². The van der Waals surface area contributed by atoms with Crippen molar-refractivity contribution in [1.82, 2.24) is 5.32 Å². The molecular weight excluding hydrogens is 218 g/mol. The Kier molecular flexibility index (Phi) is 6.52. The van der Waals surface area contributed by atoms with Crippen molar-refractivity contribution in [3.8, 4) is 0 Å². The zero-order valence-electron chi connectivity index (χ0n) is 10.9. The summed E-state index contributed by atoms with van der Waals surface area (Å²) in [5.74, 6) is -0.00277. The van der Waals surface area contributed by atoms with E-state index in [1.807, 2.05) is 13.8 Å². The van der Waals surface area contributed by atoms with Crippen LogP contribution in [0.3, 0.4) is 0 Å². The lowest BCUT2D eigenvalue weighted by Gasteiger charge is -2.23. The van der Waals surface area contributed by atoms with Gasteiger partial charge in [0.25, 0.3) is 0 Å². The number of carbonyl (C=O) groups is 1. The zero-order valence-corrected chi connectivity index (χ0v) is 10.9. The Hall–Kier alpha value is -0.610. The summed E-state index contributed by atoms with van der Waals surface area (Å²) in [6, 6.07) is -0.0116. The molecule has 0 aliphatic heterocycles. The van der Waals surface area contributed by atoms with E-state index < -0.39 is 0 Å². The molecule has 0 bridgehead atoms. The molecule has 2 atom stereocenters. The molecular formula is C13H25NO3. The molecule has 1 aliphatic rings. The highest BCUT2D eigenvalue weighted by atomic mass is 16.5. The Morgan fingerprint density at radius 1 is 1.35 bits per heavy atom. The highest BCUT2D eigenvalue weighted by Gasteiger charge is 2.17. The first kappa shape index (κ1) is 14.5. The maximum atomic E-state index is 11.6. The van der Waals surface area contributed by atoms with E-state index >= 15 is 0 Å². The third-order valence-electron chi connectivity index (χ3n) is 3.53. The SMILES string of the molecule is CC(CO)C(C)NC(=O)COC1CCCCC1. The maximum Gasteiger partial charge on any atom is 0.246 e. The minimum absolute atomic E-state index is 0.0116. The molecule has 0 heterocycles. The maximum absolute atomic E-state index is 11.6. The summed E-state index contributed by atoms with van der Waals surface area (Å²) in [5.41, 5.74) is 0. The number of ether oxygens (including phenoxy) is 1. The van der Waals surface area contributed by atoms with Gasteiger partial charge >= 0.3 is 0 Å². The third-order valence-corrected chi connectivity index (χ3v) is 3.53. The first-order valence-electron chi connectivity index (χ1n) is 6.65. The van der Waals surface area contributed by atoms with Gasteiger partial charge < -0.3 is 15.2 Å². The number of hydrogen-bond donors (Lipinski definition) is 2. The molecule has 17 heavy (non-hydrogen) atoms. The highest BCUT2D eigenvalue weighted by Crippen LogP contribution is 2.19. The summed E-state index contributed by atoms with van der Waals surface area (Å²) in [6.07, 6.45) is 6.14. The van der Waals surface area contributed by atoms with Crippen LogP contribution in [-0.2, 0) is 9.53 Å². The van der Waals surface area contributed by atoms with E-state index in [4.69, 9.17) is 9.84 Å². The standard InChI is InChI=1S/C13H25NO3/c1-10(8-15)11(2)14-13(16)9-17-12-6-4-3-5-7-12/h10-12,15H,3-9H2,1-2H3,(H,14,16). The van der Waals surface area contributed by atoms with Crippen molar-refractivity contribution in [2.24, 2.45) is 5.92 Å². The van der Waals surface area contributed by atoms with E-state index in [2.05, 4.69) is 5.32 Å². The smallest absolute Gasteiger partial charge is 0.246 e. The summed E-state index contributed by atoms with van der Waals surface area (Å²) in [5, 5.41) is 11.8. The number of nitrogens with one attached hydrogen (secondary N) is 1. The van der Waals surface area contributed by atoms with Crippen molar-refractivity contribution in [3.63, 3.8) is 0 Å². The topological polar surface area (TPSA) is 58.6 Å². The number of hydrogen-bond acceptors (Lipinski definition) is 3. The van der Waals surface area contributed by atoms with Gasteiger partial charge in [0.05, 0.1) is 6.10 Å². The molecule has 4 heteroatoms. The average Bonchev–Trinajstić information content (AvgIpc) is 2.36. The lowest BCUT2D eigenvalue weighted by atomic mass is 9.98. The summed E-state index contributed by atoms with van der Waals surface area (Å²) in [4.78, 5) is 11.6. The molecule has 0 aromatic heterocycles. The predicted octanol–water partition coefficient (Wildman–Crippen LogP) is 1.47. The first-order valence-corrected chi connectivity index (χ1v) is 6.65. The van der Waals surface area contributed by atoms with Gasteiger partial charge in [0.1, 0.15) is 6.61 Å². The van der Waals surface area contributed by atoms with Crippen LogP contribution in [-0.4, -0.2) is 36.4 Å². The fourth-order valence-corrected chi connectivity index (χ4v) is 2.02. The molecule has 0 aromatic carbocycles. The number of amides is 1. The van der Waals surface area contributed by atoms with Crippen molar-refractivity contribution in [1.29, 1.82) is 0 Å². The Balaban J connectivity index is 2.15. The van der Waals surface area contributed by atoms with Crippen molar-refractivity contribution in [2.45, 2.75) is 58.1 Å². The van der Waals surface area contributed by atoms with Gasteiger partial charge in [-0.25, -0.2) is 0 Å². The second-order valence-electron chi connectivity index (χ2n) is 5.09. The van der Waals surface area contributed by atoms with E-state index in [1.165, 1.54) is 19.3 Å². The normalized spacial score (nSPS) is 20.9. The van der Waals surface area contributed by atoms with E-state index in [1.54, 1.807) is 0 Å². The Morgan fingerprint density at radius 3 is 2.59 bits per heavy atom. The Bertz CT molecular complexity index is 227. The Labute approximate surface area is 104 Å². The molecule has 0 saturated heterocycles. The molecule has 0 radical (unpaired) electrons. The predicted molar refractivity (Wildman–Crippen MR) is 66.7 cm³/mol. The molecule has 1 saturated carbocycles. The fourth-order valence-electron chi connectivity index (χ4n) is 2.02. The molecule has 0 aromatic rings. The molecule has 4 nitrogen and oxygen atoms in total. The number of rotatable bonds is 6. The van der Waals surface area contributed by atoms with Crippen molar-refractivity contribution >= 4 is 5.91 Å². The van der Waals surface area contributed by atoms with Gasteiger partial charge in [-0.05, 0) is 25.7 Å². The lowest BCUT2D eigenvalue weighted by Crippen LogP contribution is -2.40. The summed E-state index contributed by atoms with van der Waals surface area (Å²) in [7, 11) is 0. The van der Waals surface area contributed by atoms with E-state index in [9.17, 15) is 4.79 Å². The first-order chi connectivity index (χ1) is 8.13. The molecule has 1 aliphatic carbocycles.